The number of rotatable bonds is 8. The Balaban J connectivity index is 2.16. The lowest BCUT2D eigenvalue weighted by Crippen LogP contribution is -2.29. The van der Waals surface area contributed by atoms with Crippen molar-refractivity contribution in [1.29, 1.82) is 0 Å². The number of methoxy groups -OCH3 is 2. The van der Waals surface area contributed by atoms with Crippen LogP contribution in [0.15, 0.2) is 72.1 Å². The summed E-state index contributed by atoms with van der Waals surface area (Å²) in [5, 5.41) is 0. The van der Waals surface area contributed by atoms with E-state index in [1.807, 2.05) is 24.3 Å². The van der Waals surface area contributed by atoms with Crippen molar-refractivity contribution in [2.75, 3.05) is 32.3 Å². The second-order valence-corrected chi connectivity index (χ2v) is 6.92. The van der Waals surface area contributed by atoms with Gasteiger partial charge in [-0.1, -0.05) is 12.1 Å². The number of hydrogen-bond donors (Lipinski definition) is 0. The van der Waals surface area contributed by atoms with Gasteiger partial charge >= 0.3 is 11.9 Å². The zero-order valence-corrected chi connectivity index (χ0v) is 18.7. The Morgan fingerprint density at radius 2 is 1.38 bits per heavy atom. The number of esters is 2. The molecule has 0 fully saturated rings. The fourth-order valence-electron chi connectivity index (χ4n) is 3.51. The molecule has 1 aliphatic heterocycles. The summed E-state index contributed by atoms with van der Waals surface area (Å²) in [7, 11) is 3.15. The molecule has 3 rings (SSSR count). The molecule has 0 unspecified atom stereocenters. The quantitative estimate of drug-likeness (QED) is 0.573. The van der Waals surface area contributed by atoms with Gasteiger partial charge in [0.05, 0.1) is 44.5 Å². The van der Waals surface area contributed by atoms with Crippen LogP contribution in [0.4, 0.5) is 5.69 Å². The molecule has 2 aromatic carbocycles. The number of ether oxygens (including phenoxy) is 4. The van der Waals surface area contributed by atoms with Crippen LogP contribution in [0.2, 0.25) is 0 Å². The second-order valence-electron chi connectivity index (χ2n) is 6.92. The molecule has 2 aromatic rings. The van der Waals surface area contributed by atoms with Crippen molar-refractivity contribution >= 4 is 17.6 Å². The van der Waals surface area contributed by atoms with Crippen molar-refractivity contribution in [1.82, 2.24) is 0 Å². The van der Waals surface area contributed by atoms with Crippen LogP contribution >= 0.6 is 0 Å². The van der Waals surface area contributed by atoms with Gasteiger partial charge in [0.2, 0.25) is 0 Å². The Labute approximate surface area is 187 Å². The van der Waals surface area contributed by atoms with E-state index in [1.54, 1.807) is 69.6 Å². The lowest BCUT2D eigenvalue weighted by molar-refractivity contribution is -0.139. The first-order valence-electron chi connectivity index (χ1n) is 10.4. The Kier molecular flexibility index (Phi) is 7.54. The van der Waals surface area contributed by atoms with E-state index in [2.05, 4.69) is 0 Å². The Morgan fingerprint density at radius 3 is 1.88 bits per heavy atom. The molecule has 0 amide bonds. The third-order valence-electron chi connectivity index (χ3n) is 5.00. The van der Waals surface area contributed by atoms with E-state index in [1.165, 1.54) is 0 Å². The Morgan fingerprint density at radius 1 is 0.812 bits per heavy atom. The number of carbonyl (C=O) groups is 2. The van der Waals surface area contributed by atoms with Crippen LogP contribution < -0.4 is 14.4 Å². The van der Waals surface area contributed by atoms with E-state index < -0.39 is 17.9 Å². The lowest BCUT2D eigenvalue weighted by atomic mass is 9.83. The monoisotopic (exact) mass is 437 g/mol. The summed E-state index contributed by atoms with van der Waals surface area (Å²) in [5.74, 6) is -0.365. The standard InChI is InChI=1S/C25H27NO6/c1-5-31-24(27)21-15-26(18-10-12-19(29-3)13-11-18)16-22(25(28)32-6-2)23(21)17-8-7-9-20(14-17)30-4/h7-16,23H,5-6H2,1-4H3. The zero-order valence-electron chi connectivity index (χ0n) is 18.7. The topological polar surface area (TPSA) is 74.3 Å². The van der Waals surface area contributed by atoms with Crippen LogP contribution in [0.1, 0.15) is 25.3 Å². The molecule has 32 heavy (non-hydrogen) atoms. The maximum Gasteiger partial charge on any atom is 0.336 e. The third-order valence-corrected chi connectivity index (χ3v) is 5.00. The summed E-state index contributed by atoms with van der Waals surface area (Å²) >= 11 is 0. The number of carbonyl (C=O) groups excluding carboxylic acids is 2. The highest BCUT2D eigenvalue weighted by atomic mass is 16.5. The third kappa shape index (κ3) is 4.94. The highest BCUT2D eigenvalue weighted by Crippen LogP contribution is 2.39. The van der Waals surface area contributed by atoms with Gasteiger partial charge in [-0.25, -0.2) is 9.59 Å². The molecule has 7 heteroatoms. The van der Waals surface area contributed by atoms with Crippen LogP contribution in [0.25, 0.3) is 0 Å². The summed E-state index contributed by atoms with van der Waals surface area (Å²) in [5.41, 5.74) is 2.11. The smallest absolute Gasteiger partial charge is 0.336 e. The van der Waals surface area contributed by atoms with Gasteiger partial charge in [0.15, 0.2) is 0 Å². The summed E-state index contributed by atoms with van der Waals surface area (Å²) in [4.78, 5) is 27.7. The molecule has 0 spiro atoms. The predicted octanol–water partition coefficient (Wildman–Crippen LogP) is 4.20. The molecule has 0 saturated carbocycles. The molecular formula is C25H27NO6. The van der Waals surface area contributed by atoms with E-state index in [0.29, 0.717) is 22.6 Å². The normalized spacial score (nSPS) is 13.7. The summed E-state index contributed by atoms with van der Waals surface area (Å²) in [6.45, 7) is 3.90. The van der Waals surface area contributed by atoms with E-state index >= 15 is 0 Å². The van der Waals surface area contributed by atoms with Gasteiger partial charge in [-0.2, -0.15) is 0 Å². The second kappa shape index (κ2) is 10.5. The largest absolute Gasteiger partial charge is 0.497 e. The maximum absolute atomic E-state index is 13.0. The molecule has 0 saturated heterocycles. The molecule has 7 nitrogen and oxygen atoms in total. The zero-order chi connectivity index (χ0) is 23.1. The first-order chi connectivity index (χ1) is 15.5. The van der Waals surface area contributed by atoms with Crippen molar-refractivity contribution in [2.24, 2.45) is 0 Å². The van der Waals surface area contributed by atoms with Gasteiger partial charge in [-0.15, -0.1) is 0 Å². The molecule has 0 N–H and O–H groups in total. The fraction of sp³-hybridized carbons (Fsp3) is 0.280. The van der Waals surface area contributed by atoms with Crippen molar-refractivity contribution in [2.45, 2.75) is 19.8 Å². The van der Waals surface area contributed by atoms with E-state index in [9.17, 15) is 9.59 Å². The van der Waals surface area contributed by atoms with Crippen LogP contribution in [-0.2, 0) is 19.1 Å². The van der Waals surface area contributed by atoms with Crippen molar-refractivity contribution in [3.63, 3.8) is 0 Å². The minimum Gasteiger partial charge on any atom is -0.497 e. The number of anilines is 1. The molecule has 0 aromatic heterocycles. The highest BCUT2D eigenvalue weighted by molar-refractivity contribution is 6.00. The van der Waals surface area contributed by atoms with Crippen LogP contribution in [0.3, 0.4) is 0 Å². The molecule has 1 heterocycles. The number of hydrogen-bond acceptors (Lipinski definition) is 7. The minimum atomic E-state index is -0.669. The molecule has 0 bridgehead atoms. The molecule has 1 aliphatic rings. The summed E-state index contributed by atoms with van der Waals surface area (Å²) in [6, 6.07) is 14.5. The van der Waals surface area contributed by atoms with Gasteiger partial charge in [0, 0.05) is 18.1 Å². The van der Waals surface area contributed by atoms with Crippen LogP contribution in [-0.4, -0.2) is 39.4 Å². The minimum absolute atomic E-state index is 0.210. The summed E-state index contributed by atoms with van der Waals surface area (Å²) in [6.07, 6.45) is 3.37. The van der Waals surface area contributed by atoms with Gasteiger partial charge in [-0.3, -0.25) is 0 Å². The SMILES string of the molecule is CCOC(=O)C1=CN(c2ccc(OC)cc2)C=C(C(=O)OCC)C1c1cccc(OC)c1. The molecule has 0 atom stereocenters. The van der Waals surface area contributed by atoms with Crippen LogP contribution in [0.5, 0.6) is 11.5 Å². The maximum atomic E-state index is 13.0. The summed E-state index contributed by atoms with van der Waals surface area (Å²) < 4.78 is 21.2. The lowest BCUT2D eigenvalue weighted by Gasteiger charge is -2.30. The van der Waals surface area contributed by atoms with Gasteiger partial charge in [-0.05, 0) is 55.8 Å². The highest BCUT2D eigenvalue weighted by Gasteiger charge is 2.36. The van der Waals surface area contributed by atoms with Crippen molar-refractivity contribution in [3.05, 3.63) is 77.6 Å². The van der Waals surface area contributed by atoms with Crippen LogP contribution in [0, 0.1) is 0 Å². The van der Waals surface area contributed by atoms with Gasteiger partial charge in [0.25, 0.3) is 0 Å². The van der Waals surface area contributed by atoms with E-state index in [-0.39, 0.29) is 13.2 Å². The first kappa shape index (κ1) is 22.9. The number of benzene rings is 2. The molecule has 168 valence electrons. The van der Waals surface area contributed by atoms with Crippen molar-refractivity contribution < 1.29 is 28.5 Å². The Bertz CT molecular complexity index is 989. The molecule has 0 aliphatic carbocycles. The van der Waals surface area contributed by atoms with Crippen molar-refractivity contribution in [3.8, 4) is 11.5 Å². The average Bonchev–Trinajstić information content (AvgIpc) is 2.83. The number of nitrogens with zero attached hydrogens (tertiary/aromatic N) is 1. The van der Waals surface area contributed by atoms with E-state index in [4.69, 9.17) is 18.9 Å². The Hall–Kier alpha value is -3.74. The molecular weight excluding hydrogens is 410 g/mol. The average molecular weight is 437 g/mol. The van der Waals surface area contributed by atoms with Gasteiger partial charge in [0.1, 0.15) is 11.5 Å². The first-order valence-corrected chi connectivity index (χ1v) is 10.4. The fourth-order valence-corrected chi connectivity index (χ4v) is 3.51. The van der Waals surface area contributed by atoms with Gasteiger partial charge < -0.3 is 23.8 Å². The predicted molar refractivity (Wildman–Crippen MR) is 121 cm³/mol. The molecule has 0 radical (unpaired) electrons. The van der Waals surface area contributed by atoms with E-state index in [0.717, 1.165) is 11.3 Å².